The Bertz CT molecular complexity index is 605. The molecule has 0 spiro atoms. The lowest BCUT2D eigenvalue weighted by Crippen LogP contribution is -2.53. The summed E-state index contributed by atoms with van der Waals surface area (Å²) < 4.78 is 0. The Morgan fingerprint density at radius 2 is 2.00 bits per heavy atom. The highest BCUT2D eigenvalue weighted by atomic mass is 35.5. The van der Waals surface area contributed by atoms with Crippen LogP contribution in [0.3, 0.4) is 0 Å². The monoisotopic (exact) mass is 424 g/mol. The predicted octanol–water partition coefficient (Wildman–Crippen LogP) is 3.13. The second kappa shape index (κ2) is 10.3. The molecule has 2 rings (SSSR count). The van der Waals surface area contributed by atoms with Gasteiger partial charge in [-0.1, -0.05) is 32.4 Å². The van der Waals surface area contributed by atoms with Gasteiger partial charge in [-0.3, -0.25) is 9.59 Å². The Kier molecular flexibility index (Phi) is 9.88. The van der Waals surface area contributed by atoms with E-state index in [1.54, 1.807) is 17.0 Å². The van der Waals surface area contributed by atoms with E-state index in [1.165, 1.54) is 6.20 Å². The van der Waals surface area contributed by atoms with Crippen molar-refractivity contribution in [1.29, 1.82) is 0 Å². The molecule has 0 aromatic carbocycles. The normalized spacial score (nSPS) is 18.2. The van der Waals surface area contributed by atoms with Crippen LogP contribution in [0.5, 0.6) is 0 Å². The van der Waals surface area contributed by atoms with Gasteiger partial charge in [0.2, 0.25) is 11.8 Å². The summed E-state index contributed by atoms with van der Waals surface area (Å²) in [6, 6.07) is 2.75. The molecule has 1 aliphatic rings. The molecule has 0 radical (unpaired) electrons. The smallest absolute Gasteiger partial charge is 0.240 e. The van der Waals surface area contributed by atoms with E-state index in [0.29, 0.717) is 23.9 Å². The standard InChI is InChI=1S/C17H25ClN4O2.2ClH/c1-17(2,3)14(19)16(24)22-8-4-5-11(10-22)15(23)21-13-7-6-12(18)9-20-13;;/h6-7,9,11,14H,4-5,8,10,19H2,1-3H3,(H,20,21,23);2*1H/t11?,14-;;/m1../s1. The number of nitrogens with two attached hydrogens (primary N) is 1. The van der Waals surface area contributed by atoms with E-state index in [2.05, 4.69) is 10.3 Å². The third kappa shape index (κ3) is 6.58. The van der Waals surface area contributed by atoms with Gasteiger partial charge in [-0.05, 0) is 30.4 Å². The highest BCUT2D eigenvalue weighted by Gasteiger charge is 2.35. The maximum absolute atomic E-state index is 12.6. The summed E-state index contributed by atoms with van der Waals surface area (Å²) in [7, 11) is 0. The lowest BCUT2D eigenvalue weighted by Gasteiger charge is -2.36. The number of likely N-dealkylation sites (tertiary alicyclic amines) is 1. The van der Waals surface area contributed by atoms with Crippen LogP contribution in [0.25, 0.3) is 0 Å². The van der Waals surface area contributed by atoms with Gasteiger partial charge >= 0.3 is 0 Å². The molecular weight excluding hydrogens is 399 g/mol. The second-order valence-electron chi connectivity index (χ2n) is 7.32. The number of rotatable bonds is 3. The van der Waals surface area contributed by atoms with Crippen molar-refractivity contribution in [3.8, 4) is 0 Å². The van der Waals surface area contributed by atoms with E-state index >= 15 is 0 Å². The first-order valence-electron chi connectivity index (χ1n) is 8.15. The molecule has 0 bridgehead atoms. The van der Waals surface area contributed by atoms with Crippen LogP contribution in [0.1, 0.15) is 33.6 Å². The quantitative estimate of drug-likeness (QED) is 0.778. The van der Waals surface area contributed by atoms with Crippen LogP contribution in [-0.2, 0) is 9.59 Å². The Labute approximate surface area is 172 Å². The number of aromatic nitrogens is 1. The number of halogens is 3. The van der Waals surface area contributed by atoms with Crippen LogP contribution in [0.2, 0.25) is 5.02 Å². The van der Waals surface area contributed by atoms with Gasteiger partial charge in [-0.25, -0.2) is 4.98 Å². The molecule has 1 aliphatic heterocycles. The first kappa shape index (κ1) is 24.9. The van der Waals surface area contributed by atoms with Gasteiger partial charge in [0.15, 0.2) is 0 Å². The van der Waals surface area contributed by atoms with Crippen LogP contribution < -0.4 is 11.1 Å². The molecule has 1 saturated heterocycles. The molecule has 148 valence electrons. The van der Waals surface area contributed by atoms with E-state index in [0.717, 1.165) is 12.8 Å². The number of piperidine rings is 1. The van der Waals surface area contributed by atoms with Gasteiger partial charge in [0.05, 0.1) is 17.0 Å². The maximum Gasteiger partial charge on any atom is 0.240 e. The van der Waals surface area contributed by atoms with Gasteiger partial charge in [0.1, 0.15) is 5.82 Å². The fourth-order valence-corrected chi connectivity index (χ4v) is 2.75. The van der Waals surface area contributed by atoms with Crippen molar-refractivity contribution in [2.75, 3.05) is 18.4 Å². The molecular formula is C17H27Cl3N4O2. The summed E-state index contributed by atoms with van der Waals surface area (Å²) in [5.41, 5.74) is 5.76. The third-order valence-corrected chi connectivity index (χ3v) is 4.51. The molecule has 9 heteroatoms. The van der Waals surface area contributed by atoms with E-state index in [9.17, 15) is 9.59 Å². The van der Waals surface area contributed by atoms with Crippen LogP contribution in [-0.4, -0.2) is 40.8 Å². The Hall–Kier alpha value is -1.08. The Morgan fingerprint density at radius 3 is 2.54 bits per heavy atom. The first-order valence-corrected chi connectivity index (χ1v) is 8.53. The Morgan fingerprint density at radius 1 is 1.35 bits per heavy atom. The molecule has 2 amide bonds. The molecule has 0 saturated carbocycles. The van der Waals surface area contributed by atoms with E-state index in [4.69, 9.17) is 17.3 Å². The van der Waals surface area contributed by atoms with Crippen molar-refractivity contribution < 1.29 is 9.59 Å². The van der Waals surface area contributed by atoms with Crippen LogP contribution >= 0.6 is 36.4 Å². The molecule has 26 heavy (non-hydrogen) atoms. The van der Waals surface area contributed by atoms with Gasteiger partial charge in [-0.2, -0.15) is 0 Å². The minimum absolute atomic E-state index is 0. The van der Waals surface area contributed by atoms with Gasteiger partial charge < -0.3 is 16.0 Å². The fourth-order valence-electron chi connectivity index (χ4n) is 2.64. The highest BCUT2D eigenvalue weighted by Crippen LogP contribution is 2.23. The number of nitrogens with one attached hydrogen (secondary N) is 1. The van der Waals surface area contributed by atoms with Crippen molar-refractivity contribution in [2.45, 2.75) is 39.7 Å². The highest BCUT2D eigenvalue weighted by molar-refractivity contribution is 6.30. The number of amides is 2. The zero-order valence-corrected chi connectivity index (χ0v) is 17.6. The van der Waals surface area contributed by atoms with Crippen molar-refractivity contribution in [3.05, 3.63) is 23.4 Å². The van der Waals surface area contributed by atoms with Gasteiger partial charge in [-0.15, -0.1) is 24.8 Å². The zero-order valence-electron chi connectivity index (χ0n) is 15.2. The molecule has 0 aliphatic carbocycles. The SMILES string of the molecule is CC(C)(C)[C@H](N)C(=O)N1CCCC(C(=O)Nc2ccc(Cl)cn2)C1.Cl.Cl. The molecule has 1 unspecified atom stereocenters. The van der Waals surface area contributed by atoms with Crippen LogP contribution in [0, 0.1) is 11.3 Å². The summed E-state index contributed by atoms with van der Waals surface area (Å²) in [5.74, 6) is -0.0251. The van der Waals surface area contributed by atoms with E-state index < -0.39 is 6.04 Å². The molecule has 2 heterocycles. The fraction of sp³-hybridized carbons (Fsp3) is 0.588. The maximum atomic E-state index is 12.6. The molecule has 2 atom stereocenters. The van der Waals surface area contributed by atoms with E-state index in [-0.39, 0.29) is 48.0 Å². The van der Waals surface area contributed by atoms with Crippen molar-refractivity contribution in [1.82, 2.24) is 9.88 Å². The minimum atomic E-state index is -0.572. The number of carbonyl (C=O) groups is 2. The van der Waals surface area contributed by atoms with Crippen LogP contribution in [0.4, 0.5) is 5.82 Å². The lowest BCUT2D eigenvalue weighted by atomic mass is 9.85. The summed E-state index contributed by atoms with van der Waals surface area (Å²) in [4.78, 5) is 30.8. The lowest BCUT2D eigenvalue weighted by molar-refractivity contribution is -0.138. The van der Waals surface area contributed by atoms with Crippen molar-refractivity contribution in [3.63, 3.8) is 0 Å². The largest absolute Gasteiger partial charge is 0.341 e. The average Bonchev–Trinajstić information content (AvgIpc) is 2.54. The van der Waals surface area contributed by atoms with Crippen molar-refractivity contribution >= 4 is 54.0 Å². The number of pyridine rings is 1. The zero-order chi connectivity index (χ0) is 17.9. The second-order valence-corrected chi connectivity index (χ2v) is 7.75. The topological polar surface area (TPSA) is 88.3 Å². The number of hydrogen-bond acceptors (Lipinski definition) is 4. The Balaban J connectivity index is 0.00000312. The summed E-state index contributed by atoms with van der Waals surface area (Å²) in [5, 5.41) is 3.29. The summed E-state index contributed by atoms with van der Waals surface area (Å²) in [6.07, 6.45) is 3.01. The molecule has 1 aromatic heterocycles. The third-order valence-electron chi connectivity index (χ3n) is 4.28. The number of nitrogens with zero attached hydrogens (tertiary/aromatic N) is 2. The minimum Gasteiger partial charge on any atom is -0.341 e. The average molecular weight is 426 g/mol. The first-order chi connectivity index (χ1) is 11.2. The predicted molar refractivity (Wildman–Crippen MR) is 109 cm³/mol. The number of anilines is 1. The molecule has 3 N–H and O–H groups in total. The number of hydrogen-bond donors (Lipinski definition) is 2. The van der Waals surface area contributed by atoms with Crippen molar-refractivity contribution in [2.24, 2.45) is 17.1 Å². The summed E-state index contributed by atoms with van der Waals surface area (Å²) >= 11 is 5.79. The molecule has 6 nitrogen and oxygen atoms in total. The summed E-state index contributed by atoms with van der Waals surface area (Å²) in [6.45, 7) is 6.86. The number of carbonyl (C=O) groups excluding carboxylic acids is 2. The van der Waals surface area contributed by atoms with Crippen LogP contribution in [0.15, 0.2) is 18.3 Å². The van der Waals surface area contributed by atoms with Gasteiger partial charge in [0.25, 0.3) is 0 Å². The van der Waals surface area contributed by atoms with E-state index in [1.807, 2.05) is 20.8 Å². The molecule has 1 aromatic rings. The van der Waals surface area contributed by atoms with Gasteiger partial charge in [0, 0.05) is 19.3 Å². The molecule has 1 fully saturated rings.